The number of hydrogen-bond donors (Lipinski definition) is 2. The second kappa shape index (κ2) is 8.54. The van der Waals surface area contributed by atoms with Crippen LogP contribution in [0.1, 0.15) is 31.2 Å². The van der Waals surface area contributed by atoms with Crippen molar-refractivity contribution in [3.8, 4) is 0 Å². The van der Waals surface area contributed by atoms with Crippen LogP contribution >= 0.6 is 0 Å². The Kier molecular flexibility index (Phi) is 6.13. The van der Waals surface area contributed by atoms with E-state index in [-0.39, 0.29) is 23.5 Å². The van der Waals surface area contributed by atoms with E-state index in [0.29, 0.717) is 11.4 Å². The predicted molar refractivity (Wildman–Crippen MR) is 105 cm³/mol. The molecule has 0 spiro atoms. The number of ether oxygens (including phenoxy) is 1. The van der Waals surface area contributed by atoms with Gasteiger partial charge in [0, 0.05) is 5.69 Å². The number of anilines is 2. The van der Waals surface area contributed by atoms with Crippen LogP contribution in [0.4, 0.5) is 11.4 Å². The zero-order valence-electron chi connectivity index (χ0n) is 15.3. The smallest absolute Gasteiger partial charge is 0.261 e. The van der Waals surface area contributed by atoms with Crippen molar-refractivity contribution >= 4 is 27.3 Å². The van der Waals surface area contributed by atoms with E-state index >= 15 is 0 Å². The molecule has 1 saturated carbocycles. The molecule has 0 aromatic heterocycles. The zero-order valence-corrected chi connectivity index (χ0v) is 16.1. The number of nitrogens with one attached hydrogen (secondary N) is 2. The summed E-state index contributed by atoms with van der Waals surface area (Å²) in [5.74, 6) is -0.248. The Morgan fingerprint density at radius 3 is 2.52 bits per heavy atom. The minimum Gasteiger partial charge on any atom is -0.368 e. The van der Waals surface area contributed by atoms with Gasteiger partial charge in [0.25, 0.3) is 10.0 Å². The summed E-state index contributed by atoms with van der Waals surface area (Å²) in [6, 6.07) is 13.3. The van der Waals surface area contributed by atoms with E-state index < -0.39 is 10.0 Å². The van der Waals surface area contributed by atoms with Crippen LogP contribution in [0.15, 0.2) is 53.4 Å². The lowest BCUT2D eigenvalue weighted by molar-refractivity contribution is -0.122. The van der Waals surface area contributed by atoms with Gasteiger partial charge in [-0.2, -0.15) is 0 Å². The van der Waals surface area contributed by atoms with Crippen molar-refractivity contribution in [2.45, 2.75) is 43.6 Å². The molecule has 27 heavy (non-hydrogen) atoms. The summed E-state index contributed by atoms with van der Waals surface area (Å²) in [7, 11) is -3.69. The number of rotatable bonds is 7. The van der Waals surface area contributed by atoms with E-state index in [1.807, 2.05) is 0 Å². The summed E-state index contributed by atoms with van der Waals surface area (Å²) in [4.78, 5) is 12.3. The van der Waals surface area contributed by atoms with Crippen molar-refractivity contribution in [2.24, 2.45) is 0 Å². The van der Waals surface area contributed by atoms with Crippen LogP contribution < -0.4 is 10.0 Å². The lowest BCUT2D eigenvalue weighted by Gasteiger charge is -2.14. The molecule has 1 aliphatic carbocycles. The number of sulfonamides is 1. The minimum absolute atomic E-state index is 0.00359. The second-order valence-electron chi connectivity index (χ2n) is 6.71. The highest BCUT2D eigenvalue weighted by Crippen LogP contribution is 2.24. The molecule has 7 heteroatoms. The fourth-order valence-corrected chi connectivity index (χ4v) is 4.20. The molecule has 2 aromatic rings. The summed E-state index contributed by atoms with van der Waals surface area (Å²) in [6.07, 6.45) is 4.47. The number of amides is 1. The van der Waals surface area contributed by atoms with E-state index in [9.17, 15) is 13.2 Å². The van der Waals surface area contributed by atoms with E-state index in [1.54, 1.807) is 43.3 Å². The van der Waals surface area contributed by atoms with Crippen molar-refractivity contribution < 1.29 is 17.9 Å². The van der Waals surface area contributed by atoms with E-state index in [1.165, 1.54) is 12.1 Å². The Morgan fingerprint density at radius 1 is 1.11 bits per heavy atom. The molecule has 144 valence electrons. The van der Waals surface area contributed by atoms with Gasteiger partial charge in [-0.15, -0.1) is 0 Å². The zero-order chi connectivity index (χ0) is 19.3. The van der Waals surface area contributed by atoms with E-state index in [0.717, 1.165) is 31.2 Å². The Labute approximate surface area is 160 Å². The van der Waals surface area contributed by atoms with Crippen LogP contribution in [0.5, 0.6) is 0 Å². The molecule has 2 aromatic carbocycles. The van der Waals surface area contributed by atoms with Gasteiger partial charge in [0.2, 0.25) is 5.91 Å². The van der Waals surface area contributed by atoms with Crippen LogP contribution in [0.25, 0.3) is 0 Å². The molecular formula is C20H24N2O4S. The first-order valence-corrected chi connectivity index (χ1v) is 10.5. The normalized spacial score (nSPS) is 14.9. The first kappa shape index (κ1) is 19.4. The average molecular weight is 388 g/mol. The first-order valence-electron chi connectivity index (χ1n) is 9.04. The van der Waals surface area contributed by atoms with Gasteiger partial charge < -0.3 is 10.1 Å². The SMILES string of the molecule is Cc1ccc(NC(=O)COC2CCCC2)cc1NS(=O)(=O)c1ccccc1. The van der Waals surface area contributed by atoms with Gasteiger partial charge in [0.1, 0.15) is 6.61 Å². The number of aryl methyl sites for hydroxylation is 1. The molecule has 6 nitrogen and oxygen atoms in total. The highest BCUT2D eigenvalue weighted by atomic mass is 32.2. The average Bonchev–Trinajstić information content (AvgIpc) is 3.17. The molecule has 1 amide bonds. The third-order valence-electron chi connectivity index (χ3n) is 4.57. The maximum Gasteiger partial charge on any atom is 0.261 e. The van der Waals surface area contributed by atoms with Crippen molar-refractivity contribution in [3.63, 3.8) is 0 Å². The van der Waals surface area contributed by atoms with Crippen molar-refractivity contribution in [2.75, 3.05) is 16.6 Å². The van der Waals surface area contributed by atoms with Crippen LogP contribution in [-0.2, 0) is 19.6 Å². The highest BCUT2D eigenvalue weighted by molar-refractivity contribution is 7.92. The monoisotopic (exact) mass is 388 g/mol. The molecule has 2 N–H and O–H groups in total. The first-order chi connectivity index (χ1) is 12.9. The van der Waals surface area contributed by atoms with Crippen molar-refractivity contribution in [1.82, 2.24) is 0 Å². The molecule has 0 bridgehead atoms. The summed E-state index contributed by atoms with van der Waals surface area (Å²) in [6.45, 7) is 1.81. The fourth-order valence-electron chi connectivity index (χ4n) is 3.06. The number of hydrogen-bond acceptors (Lipinski definition) is 4. The molecule has 0 saturated heterocycles. The maximum atomic E-state index is 12.5. The molecule has 0 heterocycles. The van der Waals surface area contributed by atoms with Crippen LogP contribution in [0.3, 0.4) is 0 Å². The van der Waals surface area contributed by atoms with Crippen LogP contribution in [0.2, 0.25) is 0 Å². The standard InChI is InChI=1S/C20H24N2O4S/c1-15-11-12-16(21-20(23)14-26-17-7-5-6-8-17)13-19(15)22-27(24,25)18-9-3-2-4-10-18/h2-4,9-13,17,22H,5-8,14H2,1H3,(H,21,23). The predicted octanol–water partition coefficient (Wildman–Crippen LogP) is 3.69. The third kappa shape index (κ3) is 5.30. The molecule has 0 atom stereocenters. The molecule has 1 aliphatic rings. The van der Waals surface area contributed by atoms with Gasteiger partial charge in [-0.25, -0.2) is 8.42 Å². The topological polar surface area (TPSA) is 84.5 Å². The van der Waals surface area contributed by atoms with Crippen LogP contribution in [-0.4, -0.2) is 27.0 Å². The summed E-state index contributed by atoms with van der Waals surface area (Å²) >= 11 is 0. The summed E-state index contributed by atoms with van der Waals surface area (Å²) in [5.41, 5.74) is 1.70. The number of carbonyl (C=O) groups is 1. The van der Waals surface area contributed by atoms with Gasteiger partial charge >= 0.3 is 0 Å². The van der Waals surface area contributed by atoms with Gasteiger partial charge in [-0.05, 0) is 49.6 Å². The lowest BCUT2D eigenvalue weighted by atomic mass is 10.2. The Hall–Kier alpha value is -2.38. The van der Waals surface area contributed by atoms with Gasteiger partial charge in [0.15, 0.2) is 0 Å². The summed E-state index contributed by atoms with van der Waals surface area (Å²) < 4.78 is 33.2. The molecule has 1 fully saturated rings. The Bertz CT molecular complexity index is 891. The van der Waals surface area contributed by atoms with Crippen molar-refractivity contribution in [3.05, 3.63) is 54.1 Å². The highest BCUT2D eigenvalue weighted by Gasteiger charge is 2.18. The summed E-state index contributed by atoms with van der Waals surface area (Å²) in [5, 5.41) is 2.76. The molecule has 0 aliphatic heterocycles. The van der Waals surface area contributed by atoms with E-state index in [2.05, 4.69) is 10.0 Å². The van der Waals surface area contributed by atoms with Gasteiger partial charge in [-0.3, -0.25) is 9.52 Å². The second-order valence-corrected chi connectivity index (χ2v) is 8.40. The molecule has 0 unspecified atom stereocenters. The molecule has 3 rings (SSSR count). The fraction of sp³-hybridized carbons (Fsp3) is 0.350. The third-order valence-corrected chi connectivity index (χ3v) is 5.95. The van der Waals surface area contributed by atoms with Gasteiger partial charge in [-0.1, -0.05) is 37.1 Å². The minimum atomic E-state index is -3.69. The maximum absolute atomic E-state index is 12.5. The van der Waals surface area contributed by atoms with E-state index in [4.69, 9.17) is 4.74 Å². The molecule has 0 radical (unpaired) electrons. The Balaban J connectivity index is 1.66. The largest absolute Gasteiger partial charge is 0.368 e. The van der Waals surface area contributed by atoms with Crippen LogP contribution in [0, 0.1) is 6.92 Å². The lowest BCUT2D eigenvalue weighted by Crippen LogP contribution is -2.22. The molecular weight excluding hydrogens is 364 g/mol. The Morgan fingerprint density at radius 2 is 1.81 bits per heavy atom. The van der Waals surface area contributed by atoms with Crippen molar-refractivity contribution in [1.29, 1.82) is 0 Å². The quantitative estimate of drug-likeness (QED) is 0.758. The van der Waals surface area contributed by atoms with Gasteiger partial charge in [0.05, 0.1) is 16.7 Å². The number of benzene rings is 2. The number of carbonyl (C=O) groups excluding carboxylic acids is 1.